The number of hydrogen-bond donors (Lipinski definition) is 0. The van der Waals surface area contributed by atoms with E-state index in [2.05, 4.69) is 6.92 Å². The van der Waals surface area contributed by atoms with E-state index in [1.54, 1.807) is 0 Å². The van der Waals surface area contributed by atoms with Crippen LogP contribution in [0.1, 0.15) is 41.0 Å². The third-order valence-corrected chi connectivity index (χ3v) is 1.72. The van der Waals surface area contributed by atoms with Gasteiger partial charge in [-0.1, -0.05) is 0 Å². The molecule has 2 nitrogen and oxygen atoms in total. The van der Waals surface area contributed by atoms with Crippen LogP contribution in [0.3, 0.4) is 0 Å². The Hall–Kier alpha value is -0.530. The SMILES string of the molecule is [CH2]CC(=O)N(C(C)C)C(C)(C)C. The minimum atomic E-state index is -0.0943. The molecule has 0 bridgehead atoms. The van der Waals surface area contributed by atoms with Gasteiger partial charge >= 0.3 is 0 Å². The molecular formula is C10H20NO. The molecule has 0 aromatic carbocycles. The summed E-state index contributed by atoms with van der Waals surface area (Å²) in [7, 11) is 0. The van der Waals surface area contributed by atoms with E-state index in [4.69, 9.17) is 0 Å². The molecule has 0 unspecified atom stereocenters. The van der Waals surface area contributed by atoms with Gasteiger partial charge in [-0.25, -0.2) is 0 Å². The first-order valence-corrected chi connectivity index (χ1v) is 4.42. The highest BCUT2D eigenvalue weighted by Gasteiger charge is 2.27. The van der Waals surface area contributed by atoms with E-state index in [0.717, 1.165) is 0 Å². The maximum absolute atomic E-state index is 11.5. The first-order valence-electron chi connectivity index (χ1n) is 4.42. The summed E-state index contributed by atoms with van der Waals surface area (Å²) < 4.78 is 0. The van der Waals surface area contributed by atoms with Gasteiger partial charge in [-0.3, -0.25) is 4.79 Å². The third kappa shape index (κ3) is 2.84. The van der Waals surface area contributed by atoms with Crippen LogP contribution in [0.5, 0.6) is 0 Å². The summed E-state index contributed by atoms with van der Waals surface area (Å²) in [5, 5.41) is 0. The fraction of sp³-hybridized carbons (Fsp3) is 0.800. The van der Waals surface area contributed by atoms with Crippen LogP contribution in [0.15, 0.2) is 0 Å². The van der Waals surface area contributed by atoms with E-state index in [0.29, 0.717) is 6.42 Å². The van der Waals surface area contributed by atoms with E-state index in [1.165, 1.54) is 0 Å². The number of rotatable bonds is 2. The maximum atomic E-state index is 11.5. The van der Waals surface area contributed by atoms with E-state index < -0.39 is 0 Å². The molecule has 0 aliphatic rings. The Morgan fingerprint density at radius 3 is 1.92 bits per heavy atom. The molecule has 0 N–H and O–H groups in total. The summed E-state index contributed by atoms with van der Waals surface area (Å²) in [4.78, 5) is 13.3. The van der Waals surface area contributed by atoms with Crippen molar-refractivity contribution in [2.75, 3.05) is 0 Å². The molecule has 0 aliphatic carbocycles. The average molecular weight is 170 g/mol. The fourth-order valence-electron chi connectivity index (χ4n) is 1.56. The van der Waals surface area contributed by atoms with E-state index >= 15 is 0 Å². The van der Waals surface area contributed by atoms with Crippen molar-refractivity contribution in [1.82, 2.24) is 4.90 Å². The van der Waals surface area contributed by atoms with E-state index in [9.17, 15) is 4.79 Å². The Morgan fingerprint density at radius 1 is 1.42 bits per heavy atom. The van der Waals surface area contributed by atoms with Crippen LogP contribution in [0.4, 0.5) is 0 Å². The van der Waals surface area contributed by atoms with Crippen LogP contribution in [-0.2, 0) is 4.79 Å². The van der Waals surface area contributed by atoms with Gasteiger partial charge in [-0.15, -0.1) is 0 Å². The van der Waals surface area contributed by atoms with Crippen molar-refractivity contribution < 1.29 is 4.79 Å². The average Bonchev–Trinajstić information content (AvgIpc) is 1.83. The van der Waals surface area contributed by atoms with Crippen LogP contribution in [0, 0.1) is 6.92 Å². The van der Waals surface area contributed by atoms with Gasteiger partial charge in [0.25, 0.3) is 0 Å². The maximum Gasteiger partial charge on any atom is 0.223 e. The van der Waals surface area contributed by atoms with Gasteiger partial charge in [0.05, 0.1) is 0 Å². The second kappa shape index (κ2) is 3.92. The second-order valence-corrected chi connectivity index (χ2v) is 4.28. The Morgan fingerprint density at radius 2 is 1.83 bits per heavy atom. The zero-order valence-electron chi connectivity index (χ0n) is 8.85. The number of carbonyl (C=O) groups excluding carboxylic acids is 1. The second-order valence-electron chi connectivity index (χ2n) is 4.28. The molecule has 0 heterocycles. The number of hydrogen-bond acceptors (Lipinski definition) is 1. The highest BCUT2D eigenvalue weighted by atomic mass is 16.2. The summed E-state index contributed by atoms with van der Waals surface area (Å²) in [5.41, 5.74) is -0.0943. The quantitative estimate of drug-likeness (QED) is 0.622. The number of carbonyl (C=O) groups is 1. The standard InChI is InChI=1S/C10H20NO/c1-7-9(12)11(8(2)3)10(4,5)6/h8H,1,7H2,2-6H3. The molecule has 1 radical (unpaired) electrons. The Kier molecular flexibility index (Phi) is 3.75. The van der Waals surface area contributed by atoms with Crippen molar-refractivity contribution in [3.05, 3.63) is 6.92 Å². The predicted octanol–water partition coefficient (Wildman–Crippen LogP) is 2.25. The van der Waals surface area contributed by atoms with Crippen molar-refractivity contribution in [3.63, 3.8) is 0 Å². The zero-order chi connectivity index (χ0) is 9.94. The first-order chi connectivity index (χ1) is 5.30. The Labute approximate surface area is 75.9 Å². The zero-order valence-corrected chi connectivity index (χ0v) is 8.85. The molecule has 0 rings (SSSR count). The lowest BCUT2D eigenvalue weighted by Crippen LogP contribution is -2.49. The molecule has 0 spiro atoms. The van der Waals surface area contributed by atoms with Crippen LogP contribution >= 0.6 is 0 Å². The number of amides is 1. The summed E-state index contributed by atoms with van der Waals surface area (Å²) >= 11 is 0. The molecule has 1 amide bonds. The van der Waals surface area contributed by atoms with Crippen LogP contribution in [-0.4, -0.2) is 22.4 Å². The predicted molar refractivity (Wildman–Crippen MR) is 51.7 cm³/mol. The van der Waals surface area contributed by atoms with Gasteiger partial charge in [0.15, 0.2) is 0 Å². The van der Waals surface area contributed by atoms with Crippen molar-refractivity contribution >= 4 is 5.91 Å². The van der Waals surface area contributed by atoms with Crippen molar-refractivity contribution in [3.8, 4) is 0 Å². The summed E-state index contributed by atoms with van der Waals surface area (Å²) in [6, 6.07) is 0.249. The van der Waals surface area contributed by atoms with Crippen molar-refractivity contribution in [1.29, 1.82) is 0 Å². The molecule has 0 aromatic heterocycles. The van der Waals surface area contributed by atoms with Gasteiger partial charge in [0, 0.05) is 18.0 Å². The van der Waals surface area contributed by atoms with Crippen LogP contribution < -0.4 is 0 Å². The molecular weight excluding hydrogens is 150 g/mol. The molecule has 0 aromatic rings. The summed E-state index contributed by atoms with van der Waals surface area (Å²) in [5.74, 6) is 0.123. The highest BCUT2D eigenvalue weighted by molar-refractivity contribution is 5.77. The minimum absolute atomic E-state index is 0.0943. The molecule has 12 heavy (non-hydrogen) atoms. The van der Waals surface area contributed by atoms with Gasteiger partial charge < -0.3 is 4.90 Å². The lowest BCUT2D eigenvalue weighted by atomic mass is 10.0. The Bertz CT molecular complexity index is 156. The molecule has 0 atom stereocenters. The third-order valence-electron chi connectivity index (χ3n) is 1.72. The highest BCUT2D eigenvalue weighted by Crippen LogP contribution is 2.17. The molecule has 0 saturated carbocycles. The molecule has 71 valence electrons. The fourth-order valence-corrected chi connectivity index (χ4v) is 1.56. The van der Waals surface area contributed by atoms with Gasteiger partial charge in [0.1, 0.15) is 0 Å². The van der Waals surface area contributed by atoms with Gasteiger partial charge in [-0.05, 0) is 41.5 Å². The molecule has 2 heteroatoms. The monoisotopic (exact) mass is 170 g/mol. The van der Waals surface area contributed by atoms with Gasteiger partial charge in [0.2, 0.25) is 5.91 Å². The van der Waals surface area contributed by atoms with Crippen molar-refractivity contribution in [2.24, 2.45) is 0 Å². The Balaban J connectivity index is 4.56. The van der Waals surface area contributed by atoms with E-state index in [1.807, 2.05) is 39.5 Å². The van der Waals surface area contributed by atoms with Crippen LogP contribution in [0.25, 0.3) is 0 Å². The largest absolute Gasteiger partial charge is 0.335 e. The minimum Gasteiger partial charge on any atom is -0.335 e. The van der Waals surface area contributed by atoms with E-state index in [-0.39, 0.29) is 17.5 Å². The first kappa shape index (κ1) is 11.5. The van der Waals surface area contributed by atoms with Crippen molar-refractivity contribution in [2.45, 2.75) is 52.6 Å². The summed E-state index contributed by atoms with van der Waals surface area (Å²) in [6.07, 6.45) is 0.343. The number of nitrogens with zero attached hydrogens (tertiary/aromatic N) is 1. The smallest absolute Gasteiger partial charge is 0.223 e. The lowest BCUT2D eigenvalue weighted by molar-refractivity contribution is -0.137. The summed E-state index contributed by atoms with van der Waals surface area (Å²) in [6.45, 7) is 13.8. The molecule has 0 saturated heterocycles. The molecule has 0 fully saturated rings. The lowest BCUT2D eigenvalue weighted by Gasteiger charge is -2.39. The van der Waals surface area contributed by atoms with Crippen LogP contribution in [0.2, 0.25) is 0 Å². The topological polar surface area (TPSA) is 20.3 Å². The van der Waals surface area contributed by atoms with Gasteiger partial charge in [-0.2, -0.15) is 0 Å². The normalized spacial score (nSPS) is 11.9. The molecule has 0 aliphatic heterocycles.